The number of piperidine rings is 1. The van der Waals surface area contributed by atoms with Crippen LogP contribution < -0.4 is 14.9 Å². The van der Waals surface area contributed by atoms with Gasteiger partial charge in [0.1, 0.15) is 0 Å². The van der Waals surface area contributed by atoms with Crippen molar-refractivity contribution in [1.82, 2.24) is 15.5 Å². The summed E-state index contributed by atoms with van der Waals surface area (Å²) in [5.74, 6) is 0. The lowest BCUT2D eigenvalue weighted by Crippen LogP contribution is -2.46. The molecule has 41 heavy (non-hydrogen) atoms. The van der Waals surface area contributed by atoms with E-state index in [0.717, 1.165) is 54.9 Å². The summed E-state index contributed by atoms with van der Waals surface area (Å²) in [6, 6.07) is 20.1. The van der Waals surface area contributed by atoms with Crippen molar-refractivity contribution >= 4 is 56.5 Å². The molecule has 2 aliphatic heterocycles. The molecule has 3 aromatic rings. The number of benzene rings is 3. The zero-order valence-electron chi connectivity index (χ0n) is 22.7. The first-order valence-corrected chi connectivity index (χ1v) is 16.6. The number of sulfonamides is 1. The summed E-state index contributed by atoms with van der Waals surface area (Å²) in [4.78, 5) is 15.3. The lowest BCUT2D eigenvalue weighted by Gasteiger charge is -2.40. The van der Waals surface area contributed by atoms with Crippen molar-refractivity contribution in [1.29, 1.82) is 0 Å². The number of para-hydroxylation sites is 1. The Hall–Kier alpha value is -2.49. The minimum absolute atomic E-state index is 0.184. The van der Waals surface area contributed by atoms with E-state index in [1.807, 2.05) is 42.5 Å². The van der Waals surface area contributed by atoms with E-state index in [9.17, 15) is 13.2 Å². The second-order valence-electron chi connectivity index (χ2n) is 10.8. The van der Waals surface area contributed by atoms with Crippen LogP contribution in [0.1, 0.15) is 42.0 Å². The molecule has 1 saturated heterocycles. The number of urea groups is 1. The summed E-state index contributed by atoms with van der Waals surface area (Å²) in [5, 5.41) is 7.49. The van der Waals surface area contributed by atoms with E-state index in [1.54, 1.807) is 22.5 Å². The van der Waals surface area contributed by atoms with E-state index in [-0.39, 0.29) is 17.5 Å². The van der Waals surface area contributed by atoms with Gasteiger partial charge in [0.25, 0.3) is 0 Å². The van der Waals surface area contributed by atoms with Gasteiger partial charge in [-0.15, -0.1) is 0 Å². The van der Waals surface area contributed by atoms with Gasteiger partial charge < -0.3 is 15.5 Å². The van der Waals surface area contributed by atoms with E-state index in [1.165, 1.54) is 6.26 Å². The van der Waals surface area contributed by atoms with Crippen LogP contribution in [-0.2, 0) is 22.0 Å². The Balaban J connectivity index is 1.24. The fourth-order valence-corrected chi connectivity index (χ4v) is 7.41. The van der Waals surface area contributed by atoms with E-state index in [4.69, 9.17) is 34.8 Å². The number of carbonyl (C=O) groups excluding carboxylic acids is 1. The Morgan fingerprint density at radius 2 is 1.66 bits per heavy atom. The van der Waals surface area contributed by atoms with Crippen molar-refractivity contribution in [3.05, 3.63) is 98.5 Å². The van der Waals surface area contributed by atoms with Crippen LogP contribution in [0.4, 0.5) is 10.5 Å². The van der Waals surface area contributed by atoms with Crippen molar-refractivity contribution in [2.75, 3.05) is 36.7 Å². The summed E-state index contributed by atoms with van der Waals surface area (Å²) < 4.78 is 26.6. The standard InChI is InChI=1S/C30H33Cl3N4O3S/c1-41(39,40)37-20-30(23-7-3-5-9-28(23)37)13-16-36(17-14-30)15-12-27(21-10-11-25(32)26(33)18-21)35-29(38)34-19-22-6-2-4-8-24(22)31/h2-11,18,27H,12-17,19-20H2,1H3,(H2,34,35,38). The molecular formula is C30H33Cl3N4O3S. The van der Waals surface area contributed by atoms with E-state index >= 15 is 0 Å². The summed E-state index contributed by atoms with van der Waals surface area (Å²) in [6.07, 6.45) is 3.66. The SMILES string of the molecule is CS(=O)(=O)N1CC2(CCN(CCC(NC(=O)NCc3ccccc3Cl)c3ccc(Cl)c(Cl)c3)CC2)c2ccccc21. The number of nitrogens with zero attached hydrogens (tertiary/aromatic N) is 2. The van der Waals surface area contributed by atoms with Crippen LogP contribution in [0, 0.1) is 0 Å². The Morgan fingerprint density at radius 1 is 0.951 bits per heavy atom. The van der Waals surface area contributed by atoms with Crippen LogP contribution in [0.15, 0.2) is 66.7 Å². The van der Waals surface area contributed by atoms with Crippen molar-refractivity contribution < 1.29 is 13.2 Å². The lowest BCUT2D eigenvalue weighted by molar-refractivity contribution is 0.161. The number of likely N-dealkylation sites (tertiary alicyclic amines) is 1. The molecule has 0 aliphatic carbocycles. The monoisotopic (exact) mass is 634 g/mol. The highest BCUT2D eigenvalue weighted by Crippen LogP contribution is 2.47. The minimum atomic E-state index is -3.35. The van der Waals surface area contributed by atoms with Crippen molar-refractivity contribution in [2.24, 2.45) is 0 Å². The quantitative estimate of drug-likeness (QED) is 0.301. The molecule has 0 radical (unpaired) electrons. The highest BCUT2D eigenvalue weighted by molar-refractivity contribution is 7.92. The number of nitrogens with one attached hydrogen (secondary N) is 2. The number of halogens is 3. The molecule has 2 N–H and O–H groups in total. The first-order valence-electron chi connectivity index (χ1n) is 13.6. The zero-order valence-corrected chi connectivity index (χ0v) is 25.8. The molecule has 7 nitrogen and oxygen atoms in total. The molecule has 1 spiro atoms. The van der Waals surface area contributed by atoms with Gasteiger partial charge in [-0.2, -0.15) is 0 Å². The van der Waals surface area contributed by atoms with Crippen LogP contribution >= 0.6 is 34.8 Å². The molecule has 11 heteroatoms. The molecule has 0 aromatic heterocycles. The molecule has 0 bridgehead atoms. The van der Waals surface area contributed by atoms with Gasteiger partial charge in [-0.1, -0.05) is 77.3 Å². The van der Waals surface area contributed by atoms with Gasteiger partial charge in [-0.25, -0.2) is 13.2 Å². The van der Waals surface area contributed by atoms with Crippen LogP contribution in [-0.4, -0.2) is 51.8 Å². The van der Waals surface area contributed by atoms with Gasteiger partial charge in [-0.3, -0.25) is 4.31 Å². The topological polar surface area (TPSA) is 81.8 Å². The van der Waals surface area contributed by atoms with Crippen LogP contribution in [0.25, 0.3) is 0 Å². The maximum absolute atomic E-state index is 12.9. The Bertz CT molecular complexity index is 1530. The van der Waals surface area contributed by atoms with Crippen molar-refractivity contribution in [2.45, 2.75) is 37.3 Å². The number of carbonyl (C=O) groups is 1. The zero-order chi connectivity index (χ0) is 29.2. The van der Waals surface area contributed by atoms with Crippen LogP contribution in [0.5, 0.6) is 0 Å². The number of anilines is 1. The Labute approximate surface area is 256 Å². The third-order valence-electron chi connectivity index (χ3n) is 8.19. The molecular weight excluding hydrogens is 603 g/mol. The molecule has 1 atom stereocenters. The van der Waals surface area contributed by atoms with Gasteiger partial charge in [0.2, 0.25) is 10.0 Å². The van der Waals surface area contributed by atoms with Gasteiger partial charge in [-0.05, 0) is 73.3 Å². The summed E-state index contributed by atoms with van der Waals surface area (Å²) in [6.45, 7) is 3.21. The fourth-order valence-electron chi connectivity index (χ4n) is 5.90. The second kappa shape index (κ2) is 12.4. The number of fused-ring (bicyclic) bond motifs is 2. The Morgan fingerprint density at radius 3 is 2.37 bits per heavy atom. The van der Waals surface area contributed by atoms with Gasteiger partial charge in [0.15, 0.2) is 0 Å². The van der Waals surface area contributed by atoms with Crippen LogP contribution in [0.3, 0.4) is 0 Å². The first-order chi connectivity index (χ1) is 19.6. The highest BCUT2D eigenvalue weighted by Gasteiger charge is 2.46. The summed E-state index contributed by atoms with van der Waals surface area (Å²) in [5.41, 5.74) is 3.44. The molecule has 1 fully saturated rings. The maximum Gasteiger partial charge on any atom is 0.315 e. The molecule has 0 saturated carbocycles. The largest absolute Gasteiger partial charge is 0.334 e. The van der Waals surface area contributed by atoms with E-state index in [0.29, 0.717) is 34.6 Å². The smallest absolute Gasteiger partial charge is 0.315 e. The number of amides is 2. The van der Waals surface area contributed by atoms with Crippen LogP contribution in [0.2, 0.25) is 15.1 Å². The summed E-state index contributed by atoms with van der Waals surface area (Å²) >= 11 is 18.7. The number of rotatable bonds is 8. The van der Waals surface area contributed by atoms with Crippen molar-refractivity contribution in [3.8, 4) is 0 Å². The third-order valence-corrected chi connectivity index (χ3v) is 10.4. The predicted molar refractivity (Wildman–Crippen MR) is 167 cm³/mol. The minimum Gasteiger partial charge on any atom is -0.334 e. The van der Waals surface area contributed by atoms with E-state index in [2.05, 4.69) is 21.6 Å². The number of hydrogen-bond donors (Lipinski definition) is 2. The first kappa shape index (κ1) is 30.0. The number of hydrogen-bond acceptors (Lipinski definition) is 4. The average Bonchev–Trinajstić information content (AvgIpc) is 3.27. The van der Waals surface area contributed by atoms with E-state index < -0.39 is 10.0 Å². The second-order valence-corrected chi connectivity index (χ2v) is 14.0. The molecule has 218 valence electrons. The van der Waals surface area contributed by atoms with Gasteiger partial charge in [0.05, 0.1) is 28.0 Å². The Kier molecular flexibility index (Phi) is 9.07. The predicted octanol–water partition coefficient (Wildman–Crippen LogP) is 6.39. The fraction of sp³-hybridized carbons (Fsp3) is 0.367. The molecule has 1 unspecified atom stereocenters. The highest BCUT2D eigenvalue weighted by atomic mass is 35.5. The molecule has 5 rings (SSSR count). The van der Waals surface area contributed by atoms with Gasteiger partial charge in [0, 0.05) is 30.1 Å². The third kappa shape index (κ3) is 6.78. The molecule has 3 aromatic carbocycles. The normalized spacial score (nSPS) is 17.3. The molecule has 2 amide bonds. The lowest BCUT2D eigenvalue weighted by atomic mass is 9.74. The average molecular weight is 636 g/mol. The summed E-state index contributed by atoms with van der Waals surface area (Å²) in [7, 11) is -3.35. The van der Waals surface area contributed by atoms with Gasteiger partial charge >= 0.3 is 6.03 Å². The van der Waals surface area contributed by atoms with Crippen molar-refractivity contribution in [3.63, 3.8) is 0 Å². The molecule has 2 heterocycles. The molecule has 2 aliphatic rings. The maximum atomic E-state index is 12.9.